The van der Waals surface area contributed by atoms with Crippen molar-refractivity contribution in [3.05, 3.63) is 64.0 Å². The van der Waals surface area contributed by atoms with Gasteiger partial charge in [0.25, 0.3) is 0 Å². The van der Waals surface area contributed by atoms with E-state index in [0.29, 0.717) is 12.2 Å². The predicted molar refractivity (Wildman–Crippen MR) is 114 cm³/mol. The van der Waals surface area contributed by atoms with Crippen LogP contribution in [0.5, 0.6) is 5.75 Å². The molecule has 0 aliphatic carbocycles. The number of ether oxygens (including phenoxy) is 1. The molecule has 148 valence electrons. The fourth-order valence-electron chi connectivity index (χ4n) is 3.44. The lowest BCUT2D eigenvalue weighted by Gasteiger charge is -2.15. The van der Waals surface area contributed by atoms with Crippen LogP contribution in [0.3, 0.4) is 0 Å². The number of anilines is 1. The van der Waals surface area contributed by atoms with Gasteiger partial charge in [0.05, 0.1) is 17.1 Å². The summed E-state index contributed by atoms with van der Waals surface area (Å²) in [7, 11) is 0. The van der Waals surface area contributed by atoms with Crippen LogP contribution in [-0.4, -0.2) is 23.4 Å². The highest BCUT2D eigenvalue weighted by molar-refractivity contribution is 7.12. The Morgan fingerprint density at radius 1 is 1.10 bits per heavy atom. The number of carbonyl (C=O) groups is 2. The van der Waals surface area contributed by atoms with Crippen molar-refractivity contribution >= 4 is 28.9 Å². The van der Waals surface area contributed by atoms with Crippen LogP contribution in [0, 0.1) is 13.8 Å². The highest BCUT2D eigenvalue weighted by Crippen LogP contribution is 2.29. The summed E-state index contributed by atoms with van der Waals surface area (Å²) in [6, 6.07) is 15.2. The molecule has 4 rings (SSSR count). The molecular formula is C23H22N2O3S. The van der Waals surface area contributed by atoms with Gasteiger partial charge in [0.15, 0.2) is 0 Å². The average molecular weight is 407 g/mol. The van der Waals surface area contributed by atoms with Gasteiger partial charge in [-0.05, 0) is 44.5 Å². The Morgan fingerprint density at radius 2 is 1.83 bits per heavy atom. The number of nitrogens with zero attached hydrogens (tertiary/aromatic N) is 2. The highest BCUT2D eigenvalue weighted by Gasteiger charge is 2.22. The van der Waals surface area contributed by atoms with E-state index in [9.17, 15) is 9.59 Å². The highest BCUT2D eigenvalue weighted by atomic mass is 32.1. The van der Waals surface area contributed by atoms with E-state index in [2.05, 4.69) is 4.98 Å². The lowest BCUT2D eigenvalue weighted by Crippen LogP contribution is -2.23. The molecule has 0 spiro atoms. The van der Waals surface area contributed by atoms with Gasteiger partial charge in [0.2, 0.25) is 5.91 Å². The van der Waals surface area contributed by atoms with Crippen molar-refractivity contribution in [3.8, 4) is 17.0 Å². The van der Waals surface area contributed by atoms with E-state index in [1.54, 1.807) is 17.0 Å². The normalized spacial score (nSPS) is 13.7. The number of rotatable bonds is 5. The van der Waals surface area contributed by atoms with Gasteiger partial charge in [0, 0.05) is 29.1 Å². The van der Waals surface area contributed by atoms with Crippen molar-refractivity contribution in [1.82, 2.24) is 4.98 Å². The molecule has 2 aromatic carbocycles. The number of carbonyl (C=O) groups excluding carboxylic acids is 2. The summed E-state index contributed by atoms with van der Waals surface area (Å²) in [6.45, 7) is 4.72. The second kappa shape index (κ2) is 8.17. The van der Waals surface area contributed by atoms with Crippen LogP contribution in [0.1, 0.15) is 28.3 Å². The Balaban J connectivity index is 1.45. The largest absolute Gasteiger partial charge is 0.426 e. The Morgan fingerprint density at radius 3 is 2.48 bits per heavy atom. The third kappa shape index (κ3) is 4.38. The summed E-state index contributed by atoms with van der Waals surface area (Å²) < 4.78 is 5.52. The first-order valence-electron chi connectivity index (χ1n) is 9.64. The quantitative estimate of drug-likeness (QED) is 0.455. The summed E-state index contributed by atoms with van der Waals surface area (Å²) in [5.74, 6) is 0.287. The number of aryl methyl sites for hydroxylation is 2. The van der Waals surface area contributed by atoms with Crippen LogP contribution < -0.4 is 9.64 Å². The first-order valence-corrected chi connectivity index (χ1v) is 10.5. The number of benzene rings is 2. The second-order valence-corrected chi connectivity index (χ2v) is 8.45. The number of amides is 1. The van der Waals surface area contributed by atoms with E-state index in [-0.39, 0.29) is 18.3 Å². The van der Waals surface area contributed by atoms with Gasteiger partial charge < -0.3 is 9.64 Å². The molecule has 0 N–H and O–H groups in total. The van der Waals surface area contributed by atoms with Gasteiger partial charge >= 0.3 is 5.97 Å². The molecule has 1 amide bonds. The van der Waals surface area contributed by atoms with Crippen LogP contribution in [0.4, 0.5) is 5.69 Å². The van der Waals surface area contributed by atoms with Crippen LogP contribution in [-0.2, 0) is 16.0 Å². The minimum atomic E-state index is -0.327. The summed E-state index contributed by atoms with van der Waals surface area (Å²) in [5.41, 5.74) is 3.86. The van der Waals surface area contributed by atoms with Gasteiger partial charge in [-0.25, -0.2) is 4.98 Å². The van der Waals surface area contributed by atoms with Crippen LogP contribution >= 0.6 is 11.3 Å². The smallest absolute Gasteiger partial charge is 0.316 e. The van der Waals surface area contributed by atoms with E-state index in [1.807, 2.05) is 50.2 Å². The molecule has 2 heterocycles. The van der Waals surface area contributed by atoms with Gasteiger partial charge in [-0.15, -0.1) is 11.3 Å². The van der Waals surface area contributed by atoms with Crippen LogP contribution in [0.25, 0.3) is 11.3 Å². The summed E-state index contributed by atoms with van der Waals surface area (Å²) in [6.07, 6.45) is 1.64. The van der Waals surface area contributed by atoms with E-state index >= 15 is 0 Å². The molecule has 1 saturated heterocycles. The fourth-order valence-corrected chi connectivity index (χ4v) is 4.38. The van der Waals surface area contributed by atoms with Gasteiger partial charge in [-0.2, -0.15) is 0 Å². The molecule has 3 aromatic rings. The molecule has 1 aromatic heterocycles. The number of thiazole rings is 1. The lowest BCUT2D eigenvalue weighted by atomic mass is 10.1. The Bertz CT molecular complexity index is 1040. The van der Waals surface area contributed by atoms with Crippen molar-refractivity contribution in [2.45, 2.75) is 33.1 Å². The molecule has 0 radical (unpaired) electrons. The zero-order valence-electron chi connectivity index (χ0n) is 16.5. The average Bonchev–Trinajstić information content (AvgIpc) is 3.28. The van der Waals surface area contributed by atoms with Crippen LogP contribution in [0.15, 0.2) is 48.5 Å². The van der Waals surface area contributed by atoms with Crippen molar-refractivity contribution in [3.63, 3.8) is 0 Å². The number of hydrogen-bond acceptors (Lipinski definition) is 5. The number of aromatic nitrogens is 1. The summed E-state index contributed by atoms with van der Waals surface area (Å²) in [5, 5.41) is 0.919. The van der Waals surface area contributed by atoms with E-state index in [4.69, 9.17) is 4.74 Å². The third-order valence-corrected chi connectivity index (χ3v) is 5.86. The van der Waals surface area contributed by atoms with Gasteiger partial charge in [0.1, 0.15) is 5.75 Å². The molecule has 0 atom stereocenters. The lowest BCUT2D eigenvalue weighted by molar-refractivity contribution is -0.133. The maximum absolute atomic E-state index is 12.5. The van der Waals surface area contributed by atoms with Crippen molar-refractivity contribution < 1.29 is 14.3 Å². The molecule has 1 aliphatic heterocycles. The Hall–Kier alpha value is -2.99. The molecule has 1 aliphatic rings. The SMILES string of the molecule is Cc1ccc(-c2nc(C)sc2CC(=O)Oc2ccc(N3CCCC3=O)cc2)cc1. The van der Waals surface area contributed by atoms with Gasteiger partial charge in [-0.3, -0.25) is 9.59 Å². The van der Waals surface area contributed by atoms with Crippen LogP contribution in [0.2, 0.25) is 0 Å². The zero-order chi connectivity index (χ0) is 20.4. The van der Waals surface area contributed by atoms with E-state index in [1.165, 1.54) is 16.9 Å². The fraction of sp³-hybridized carbons (Fsp3) is 0.261. The molecule has 0 unspecified atom stereocenters. The Kier molecular flexibility index (Phi) is 5.45. The number of hydrogen-bond donors (Lipinski definition) is 0. The van der Waals surface area contributed by atoms with E-state index < -0.39 is 0 Å². The summed E-state index contributed by atoms with van der Waals surface area (Å²) >= 11 is 1.52. The summed E-state index contributed by atoms with van der Waals surface area (Å²) in [4.78, 5) is 31.6. The molecule has 0 bridgehead atoms. The molecular weight excluding hydrogens is 384 g/mol. The monoisotopic (exact) mass is 406 g/mol. The molecule has 29 heavy (non-hydrogen) atoms. The van der Waals surface area contributed by atoms with Crippen molar-refractivity contribution in [1.29, 1.82) is 0 Å². The maximum Gasteiger partial charge on any atom is 0.316 e. The molecule has 5 nitrogen and oxygen atoms in total. The van der Waals surface area contributed by atoms with Crippen molar-refractivity contribution in [2.24, 2.45) is 0 Å². The van der Waals surface area contributed by atoms with E-state index in [0.717, 1.165) is 39.8 Å². The van der Waals surface area contributed by atoms with Gasteiger partial charge in [-0.1, -0.05) is 29.8 Å². The third-order valence-electron chi connectivity index (χ3n) is 4.89. The second-order valence-electron chi connectivity index (χ2n) is 7.16. The molecule has 1 fully saturated rings. The molecule has 6 heteroatoms. The predicted octanol–water partition coefficient (Wildman–Crippen LogP) is 4.70. The maximum atomic E-state index is 12.5. The zero-order valence-corrected chi connectivity index (χ0v) is 17.3. The standard InChI is InChI=1S/C23H22N2O3S/c1-15-5-7-17(8-6-15)23-20(29-16(2)24-23)14-22(27)28-19-11-9-18(10-12-19)25-13-3-4-21(25)26/h5-12H,3-4,13-14H2,1-2H3. The first-order chi connectivity index (χ1) is 14.0. The topological polar surface area (TPSA) is 59.5 Å². The molecule has 0 saturated carbocycles. The minimum absolute atomic E-state index is 0.138. The minimum Gasteiger partial charge on any atom is -0.426 e. The first kappa shape index (κ1) is 19.3. The Labute approximate surface area is 174 Å². The van der Waals surface area contributed by atoms with Crippen molar-refractivity contribution in [2.75, 3.05) is 11.4 Å². The number of esters is 1.